The number of benzene rings is 1. The Morgan fingerprint density at radius 1 is 1.14 bits per heavy atom. The molecule has 0 radical (unpaired) electrons. The number of nitrogens with one attached hydrogen (secondary N) is 1. The van der Waals surface area contributed by atoms with Gasteiger partial charge in [0.15, 0.2) is 16.6 Å². The quantitative estimate of drug-likeness (QED) is 0.662. The highest BCUT2D eigenvalue weighted by atomic mass is 32.1. The number of carbonyl (C=O) groups is 1. The summed E-state index contributed by atoms with van der Waals surface area (Å²) in [5.41, 5.74) is 0.786. The summed E-state index contributed by atoms with van der Waals surface area (Å²) < 4.78 is 11.6. The molecule has 1 aliphatic heterocycles. The average Bonchev–Trinajstić information content (AvgIpc) is 3.08. The average molecular weight is 422 g/mol. The van der Waals surface area contributed by atoms with Crippen LogP contribution in [0.3, 0.4) is 0 Å². The van der Waals surface area contributed by atoms with Crippen molar-refractivity contribution in [2.75, 3.05) is 79.4 Å². The predicted molar refractivity (Wildman–Crippen MR) is 117 cm³/mol. The molecule has 1 amide bonds. The van der Waals surface area contributed by atoms with Crippen molar-refractivity contribution in [3.63, 3.8) is 0 Å². The minimum absolute atomic E-state index is 0.0240. The molecule has 0 saturated carbocycles. The molecule has 0 spiro atoms. The number of ether oxygens (including phenoxy) is 2. The van der Waals surface area contributed by atoms with Crippen molar-refractivity contribution in [1.29, 1.82) is 0 Å². The van der Waals surface area contributed by atoms with Crippen molar-refractivity contribution in [2.24, 2.45) is 0 Å². The lowest BCUT2D eigenvalue weighted by Crippen LogP contribution is -2.48. The Morgan fingerprint density at radius 3 is 2.45 bits per heavy atom. The lowest BCUT2D eigenvalue weighted by atomic mass is 10.3. The lowest BCUT2D eigenvalue weighted by molar-refractivity contribution is -0.117. The smallest absolute Gasteiger partial charge is 0.240 e. The second kappa shape index (κ2) is 10.2. The van der Waals surface area contributed by atoms with Gasteiger partial charge in [0.25, 0.3) is 0 Å². The number of carbonyl (C=O) groups excluding carboxylic acids is 1. The summed E-state index contributed by atoms with van der Waals surface area (Å²) in [5.74, 6) is 1.26. The standard InChI is InChI=1S/C20H31N5O3S/c1-23(2)6-5-7-24-8-10-25(11-9-24)14-19(26)22-20-21-15-12-16(27-3)17(28-4)13-18(15)29-20/h12-13H,5-11,14H2,1-4H3,(H,21,22,26). The Kier molecular flexibility index (Phi) is 7.65. The highest BCUT2D eigenvalue weighted by molar-refractivity contribution is 7.22. The first kappa shape index (κ1) is 21.8. The maximum Gasteiger partial charge on any atom is 0.240 e. The van der Waals surface area contributed by atoms with Crippen LogP contribution in [0, 0.1) is 0 Å². The van der Waals surface area contributed by atoms with Gasteiger partial charge in [-0.15, -0.1) is 0 Å². The third-order valence-electron chi connectivity index (χ3n) is 5.05. The van der Waals surface area contributed by atoms with Gasteiger partial charge in [-0.3, -0.25) is 9.69 Å². The molecular weight excluding hydrogens is 390 g/mol. The summed E-state index contributed by atoms with van der Waals surface area (Å²) >= 11 is 1.44. The van der Waals surface area contributed by atoms with Gasteiger partial charge >= 0.3 is 0 Å². The molecule has 1 fully saturated rings. The van der Waals surface area contributed by atoms with E-state index in [4.69, 9.17) is 9.47 Å². The lowest BCUT2D eigenvalue weighted by Gasteiger charge is -2.34. The van der Waals surface area contributed by atoms with Crippen LogP contribution in [0.15, 0.2) is 12.1 Å². The van der Waals surface area contributed by atoms with Gasteiger partial charge in [-0.05, 0) is 33.6 Å². The summed E-state index contributed by atoms with van der Waals surface area (Å²) in [7, 11) is 7.42. The van der Waals surface area contributed by atoms with Gasteiger partial charge in [-0.2, -0.15) is 0 Å². The first-order chi connectivity index (χ1) is 14.0. The number of amides is 1. The number of rotatable bonds is 9. The highest BCUT2D eigenvalue weighted by Crippen LogP contribution is 2.36. The summed E-state index contributed by atoms with van der Waals surface area (Å²) in [6.45, 7) is 6.50. The van der Waals surface area contributed by atoms with Crippen LogP contribution in [-0.4, -0.2) is 99.7 Å². The van der Waals surface area contributed by atoms with Crippen molar-refractivity contribution in [3.05, 3.63) is 12.1 Å². The molecule has 0 unspecified atom stereocenters. The molecule has 2 aromatic rings. The van der Waals surface area contributed by atoms with E-state index >= 15 is 0 Å². The van der Waals surface area contributed by atoms with Gasteiger partial charge in [0.2, 0.25) is 5.91 Å². The van der Waals surface area contributed by atoms with E-state index in [1.165, 1.54) is 17.8 Å². The maximum absolute atomic E-state index is 12.5. The summed E-state index contributed by atoms with van der Waals surface area (Å²) in [6, 6.07) is 3.72. The van der Waals surface area contributed by atoms with E-state index in [2.05, 4.69) is 39.1 Å². The van der Waals surface area contributed by atoms with Crippen LogP contribution >= 0.6 is 11.3 Å². The van der Waals surface area contributed by atoms with Gasteiger partial charge in [0.1, 0.15) is 0 Å². The van der Waals surface area contributed by atoms with E-state index < -0.39 is 0 Å². The fourth-order valence-electron chi connectivity index (χ4n) is 3.45. The molecule has 0 aliphatic carbocycles. The third kappa shape index (κ3) is 6.02. The minimum Gasteiger partial charge on any atom is -0.493 e. The van der Waals surface area contributed by atoms with Crippen LogP contribution in [0.5, 0.6) is 11.5 Å². The highest BCUT2D eigenvalue weighted by Gasteiger charge is 2.19. The van der Waals surface area contributed by atoms with E-state index in [0.717, 1.165) is 49.5 Å². The Morgan fingerprint density at radius 2 is 1.79 bits per heavy atom. The molecule has 1 saturated heterocycles. The van der Waals surface area contributed by atoms with Gasteiger partial charge in [0, 0.05) is 38.3 Å². The monoisotopic (exact) mass is 421 g/mol. The molecule has 1 N–H and O–H groups in total. The second-order valence-electron chi connectivity index (χ2n) is 7.52. The topological polar surface area (TPSA) is 70.2 Å². The first-order valence-electron chi connectivity index (χ1n) is 9.90. The van der Waals surface area contributed by atoms with Crippen molar-refractivity contribution in [2.45, 2.75) is 6.42 Å². The number of methoxy groups -OCH3 is 2. The Bertz CT molecular complexity index is 777. The van der Waals surface area contributed by atoms with Gasteiger partial charge in [0.05, 0.1) is 31.0 Å². The summed E-state index contributed by atoms with van der Waals surface area (Å²) in [6.07, 6.45) is 1.18. The van der Waals surface area contributed by atoms with Crippen LogP contribution in [0.4, 0.5) is 5.13 Å². The van der Waals surface area contributed by atoms with E-state index in [-0.39, 0.29) is 5.91 Å². The van der Waals surface area contributed by atoms with Crippen LogP contribution in [0.25, 0.3) is 10.2 Å². The minimum atomic E-state index is -0.0240. The molecule has 1 aliphatic rings. The van der Waals surface area contributed by atoms with Crippen molar-refractivity contribution in [3.8, 4) is 11.5 Å². The molecule has 0 bridgehead atoms. The largest absolute Gasteiger partial charge is 0.493 e. The fourth-order valence-corrected chi connectivity index (χ4v) is 4.34. The van der Waals surface area contributed by atoms with Crippen LogP contribution in [-0.2, 0) is 4.79 Å². The van der Waals surface area contributed by atoms with Crippen molar-refractivity contribution < 1.29 is 14.3 Å². The number of hydrogen-bond donors (Lipinski definition) is 1. The molecule has 0 atom stereocenters. The molecule has 2 heterocycles. The Hall–Kier alpha value is -1.94. The van der Waals surface area contributed by atoms with Crippen molar-refractivity contribution >= 4 is 32.6 Å². The number of thiazole rings is 1. The molecule has 29 heavy (non-hydrogen) atoms. The maximum atomic E-state index is 12.5. The molecule has 8 nitrogen and oxygen atoms in total. The zero-order valence-electron chi connectivity index (χ0n) is 17.7. The molecule has 160 valence electrons. The number of nitrogens with zero attached hydrogens (tertiary/aromatic N) is 4. The van der Waals surface area contributed by atoms with Gasteiger partial charge in [-0.25, -0.2) is 4.98 Å². The van der Waals surface area contributed by atoms with Crippen LogP contribution < -0.4 is 14.8 Å². The second-order valence-corrected chi connectivity index (χ2v) is 8.55. The van der Waals surface area contributed by atoms with Gasteiger partial charge < -0.3 is 24.6 Å². The third-order valence-corrected chi connectivity index (χ3v) is 5.99. The van der Waals surface area contributed by atoms with E-state index in [9.17, 15) is 4.79 Å². The molecule has 9 heteroatoms. The number of aromatic nitrogens is 1. The number of hydrogen-bond acceptors (Lipinski definition) is 8. The van der Waals surface area contributed by atoms with Crippen LogP contribution in [0.1, 0.15) is 6.42 Å². The molecular formula is C20H31N5O3S. The molecule has 1 aromatic carbocycles. The van der Waals surface area contributed by atoms with E-state index in [0.29, 0.717) is 23.2 Å². The first-order valence-corrected chi connectivity index (χ1v) is 10.7. The Labute approximate surface area is 176 Å². The fraction of sp³-hybridized carbons (Fsp3) is 0.600. The molecule has 3 rings (SSSR count). The Balaban J connectivity index is 1.48. The van der Waals surface area contributed by atoms with Crippen molar-refractivity contribution in [1.82, 2.24) is 19.7 Å². The normalized spacial score (nSPS) is 15.8. The predicted octanol–water partition coefficient (Wildman–Crippen LogP) is 1.82. The van der Waals surface area contributed by atoms with Crippen LogP contribution in [0.2, 0.25) is 0 Å². The molecule has 1 aromatic heterocycles. The van der Waals surface area contributed by atoms with E-state index in [1.54, 1.807) is 14.2 Å². The SMILES string of the molecule is COc1cc2nc(NC(=O)CN3CCN(CCCN(C)C)CC3)sc2cc1OC. The number of piperazine rings is 1. The number of anilines is 1. The summed E-state index contributed by atoms with van der Waals surface area (Å²) in [4.78, 5) is 23.9. The van der Waals surface area contributed by atoms with Gasteiger partial charge in [-0.1, -0.05) is 11.3 Å². The number of fused-ring (bicyclic) bond motifs is 1. The zero-order chi connectivity index (χ0) is 20.8. The zero-order valence-corrected chi connectivity index (χ0v) is 18.5. The van der Waals surface area contributed by atoms with E-state index in [1.807, 2.05) is 12.1 Å². The summed E-state index contributed by atoms with van der Waals surface area (Å²) in [5, 5.41) is 3.54.